The van der Waals surface area contributed by atoms with Crippen LogP contribution in [0.4, 0.5) is 5.69 Å². The standard InChI is InChI=1S/C14H16BrN3O2/c1-18-9-10(15)8-13(18)14(19)17-6-7-20-12-4-2-11(16)3-5-12/h2-5,8-9H,6-7,16H2,1H3,(H,17,19). The topological polar surface area (TPSA) is 69.3 Å². The lowest BCUT2D eigenvalue weighted by Crippen LogP contribution is -2.29. The van der Waals surface area contributed by atoms with Crippen molar-refractivity contribution in [2.45, 2.75) is 0 Å². The fourth-order valence-corrected chi connectivity index (χ4v) is 2.26. The van der Waals surface area contributed by atoms with Gasteiger partial charge in [0.05, 0.1) is 6.54 Å². The van der Waals surface area contributed by atoms with Gasteiger partial charge in [0.1, 0.15) is 18.1 Å². The van der Waals surface area contributed by atoms with Gasteiger partial charge in [0, 0.05) is 23.4 Å². The van der Waals surface area contributed by atoms with Crippen LogP contribution in [0, 0.1) is 0 Å². The minimum absolute atomic E-state index is 0.126. The van der Waals surface area contributed by atoms with Crippen molar-refractivity contribution in [1.82, 2.24) is 9.88 Å². The van der Waals surface area contributed by atoms with Gasteiger partial charge in [-0.05, 0) is 46.3 Å². The average Bonchev–Trinajstić information content (AvgIpc) is 2.75. The number of nitrogens with zero attached hydrogens (tertiary/aromatic N) is 1. The van der Waals surface area contributed by atoms with Crippen LogP contribution in [0.25, 0.3) is 0 Å². The summed E-state index contributed by atoms with van der Waals surface area (Å²) in [6, 6.07) is 8.91. The Morgan fingerprint density at radius 1 is 1.40 bits per heavy atom. The smallest absolute Gasteiger partial charge is 0.268 e. The molecule has 106 valence electrons. The number of ether oxygens (including phenoxy) is 1. The van der Waals surface area contributed by atoms with Crippen LogP contribution in [0.2, 0.25) is 0 Å². The van der Waals surface area contributed by atoms with E-state index in [2.05, 4.69) is 21.2 Å². The van der Waals surface area contributed by atoms with Gasteiger partial charge in [0.2, 0.25) is 0 Å². The van der Waals surface area contributed by atoms with Crippen LogP contribution in [0.5, 0.6) is 5.75 Å². The van der Waals surface area contributed by atoms with Gasteiger partial charge < -0.3 is 20.4 Å². The lowest BCUT2D eigenvalue weighted by atomic mass is 10.3. The van der Waals surface area contributed by atoms with Crippen LogP contribution in [0.1, 0.15) is 10.5 Å². The van der Waals surface area contributed by atoms with Gasteiger partial charge in [-0.2, -0.15) is 0 Å². The van der Waals surface area contributed by atoms with E-state index in [1.807, 2.05) is 13.2 Å². The molecule has 0 unspecified atom stereocenters. The van der Waals surface area contributed by atoms with E-state index >= 15 is 0 Å². The van der Waals surface area contributed by atoms with E-state index in [9.17, 15) is 4.79 Å². The first-order valence-corrected chi connectivity index (χ1v) is 6.94. The highest BCUT2D eigenvalue weighted by molar-refractivity contribution is 9.10. The lowest BCUT2D eigenvalue weighted by molar-refractivity contribution is 0.0939. The fraction of sp³-hybridized carbons (Fsp3) is 0.214. The van der Waals surface area contributed by atoms with Crippen molar-refractivity contribution >= 4 is 27.5 Å². The second-order valence-electron chi connectivity index (χ2n) is 4.33. The molecule has 1 amide bonds. The van der Waals surface area contributed by atoms with Crippen LogP contribution in [0.3, 0.4) is 0 Å². The molecule has 20 heavy (non-hydrogen) atoms. The minimum atomic E-state index is -0.126. The van der Waals surface area contributed by atoms with Crippen molar-refractivity contribution in [3.8, 4) is 5.75 Å². The highest BCUT2D eigenvalue weighted by Crippen LogP contribution is 2.14. The van der Waals surface area contributed by atoms with Crippen LogP contribution in [0.15, 0.2) is 41.0 Å². The third-order valence-corrected chi connectivity index (χ3v) is 3.17. The van der Waals surface area contributed by atoms with Crippen LogP contribution in [-0.4, -0.2) is 23.6 Å². The maximum absolute atomic E-state index is 11.9. The van der Waals surface area contributed by atoms with Crippen molar-refractivity contribution in [2.24, 2.45) is 7.05 Å². The molecule has 0 aliphatic carbocycles. The van der Waals surface area contributed by atoms with Crippen molar-refractivity contribution in [2.75, 3.05) is 18.9 Å². The second kappa shape index (κ2) is 6.47. The number of halogens is 1. The molecule has 1 heterocycles. The Labute approximate surface area is 125 Å². The van der Waals surface area contributed by atoms with Gasteiger partial charge in [-0.15, -0.1) is 0 Å². The molecule has 6 heteroatoms. The van der Waals surface area contributed by atoms with Crippen LogP contribution < -0.4 is 15.8 Å². The van der Waals surface area contributed by atoms with Crippen molar-refractivity contribution < 1.29 is 9.53 Å². The summed E-state index contributed by atoms with van der Waals surface area (Å²) in [5, 5.41) is 2.80. The molecule has 0 saturated carbocycles. The number of anilines is 1. The Balaban J connectivity index is 1.77. The minimum Gasteiger partial charge on any atom is -0.492 e. The van der Waals surface area contributed by atoms with Gasteiger partial charge in [-0.1, -0.05) is 0 Å². The Bertz CT molecular complexity index is 593. The first-order chi connectivity index (χ1) is 9.56. The van der Waals surface area contributed by atoms with Gasteiger partial charge in [-0.3, -0.25) is 4.79 Å². The molecule has 0 radical (unpaired) electrons. The van der Waals surface area contributed by atoms with Crippen molar-refractivity contribution in [3.05, 3.63) is 46.7 Å². The SMILES string of the molecule is Cn1cc(Br)cc1C(=O)NCCOc1ccc(N)cc1. The predicted molar refractivity (Wildman–Crippen MR) is 81.8 cm³/mol. The van der Waals surface area contributed by atoms with Crippen LogP contribution in [-0.2, 0) is 7.05 Å². The molecule has 1 aromatic heterocycles. The number of rotatable bonds is 5. The first kappa shape index (κ1) is 14.5. The van der Waals surface area contributed by atoms with Crippen molar-refractivity contribution in [3.63, 3.8) is 0 Å². The number of carbonyl (C=O) groups is 1. The molecule has 0 aliphatic rings. The molecule has 0 saturated heterocycles. The number of benzene rings is 1. The summed E-state index contributed by atoms with van der Waals surface area (Å²) in [6.45, 7) is 0.841. The summed E-state index contributed by atoms with van der Waals surface area (Å²) < 4.78 is 8.14. The molecule has 1 aromatic carbocycles. The summed E-state index contributed by atoms with van der Waals surface area (Å²) in [6.07, 6.45) is 1.83. The number of nitrogen functional groups attached to an aromatic ring is 1. The normalized spacial score (nSPS) is 10.3. The molecular weight excluding hydrogens is 322 g/mol. The highest BCUT2D eigenvalue weighted by atomic mass is 79.9. The zero-order valence-corrected chi connectivity index (χ0v) is 12.7. The maximum Gasteiger partial charge on any atom is 0.268 e. The van der Waals surface area contributed by atoms with E-state index < -0.39 is 0 Å². The molecular formula is C14H16BrN3O2. The second-order valence-corrected chi connectivity index (χ2v) is 5.24. The predicted octanol–water partition coefficient (Wildman–Crippen LogP) is 2.18. The molecule has 2 aromatic rings. The van der Waals surface area contributed by atoms with E-state index in [0.717, 1.165) is 10.2 Å². The van der Waals surface area contributed by atoms with Crippen LogP contribution >= 0.6 is 15.9 Å². The van der Waals surface area contributed by atoms with Crippen molar-refractivity contribution in [1.29, 1.82) is 0 Å². The zero-order valence-electron chi connectivity index (χ0n) is 11.1. The van der Waals surface area contributed by atoms with E-state index in [-0.39, 0.29) is 5.91 Å². The third kappa shape index (κ3) is 3.77. The maximum atomic E-state index is 11.9. The summed E-state index contributed by atoms with van der Waals surface area (Å²) in [5.74, 6) is 0.606. The van der Waals surface area contributed by atoms with Gasteiger partial charge in [-0.25, -0.2) is 0 Å². The highest BCUT2D eigenvalue weighted by Gasteiger charge is 2.10. The summed E-state index contributed by atoms with van der Waals surface area (Å²) >= 11 is 3.33. The number of hydrogen-bond donors (Lipinski definition) is 2. The Hall–Kier alpha value is -1.95. The number of carbonyl (C=O) groups excluding carboxylic acids is 1. The molecule has 3 N–H and O–H groups in total. The number of nitrogens with one attached hydrogen (secondary N) is 1. The quantitative estimate of drug-likeness (QED) is 0.649. The Morgan fingerprint density at radius 2 is 2.10 bits per heavy atom. The van der Waals surface area contributed by atoms with Gasteiger partial charge >= 0.3 is 0 Å². The molecule has 0 bridgehead atoms. The molecule has 2 rings (SSSR count). The van der Waals surface area contributed by atoms with Gasteiger partial charge in [0.15, 0.2) is 0 Å². The molecule has 5 nitrogen and oxygen atoms in total. The van der Waals surface area contributed by atoms with Gasteiger partial charge in [0.25, 0.3) is 5.91 Å². The number of amides is 1. The molecule has 0 fully saturated rings. The Kier molecular flexibility index (Phi) is 4.68. The fourth-order valence-electron chi connectivity index (χ4n) is 1.74. The zero-order chi connectivity index (χ0) is 14.5. The number of nitrogens with two attached hydrogens (primary N) is 1. The van der Waals surface area contributed by atoms with E-state index in [4.69, 9.17) is 10.5 Å². The number of aryl methyl sites for hydroxylation is 1. The number of aromatic nitrogens is 1. The van der Waals surface area contributed by atoms with E-state index in [1.54, 1.807) is 34.9 Å². The Morgan fingerprint density at radius 3 is 2.70 bits per heavy atom. The monoisotopic (exact) mass is 337 g/mol. The summed E-state index contributed by atoms with van der Waals surface area (Å²) in [4.78, 5) is 11.9. The average molecular weight is 338 g/mol. The number of hydrogen-bond acceptors (Lipinski definition) is 3. The first-order valence-electron chi connectivity index (χ1n) is 6.14. The van der Waals surface area contributed by atoms with E-state index in [0.29, 0.717) is 24.5 Å². The molecule has 0 atom stereocenters. The summed E-state index contributed by atoms with van der Waals surface area (Å²) in [5.41, 5.74) is 6.88. The third-order valence-electron chi connectivity index (χ3n) is 2.74. The summed E-state index contributed by atoms with van der Waals surface area (Å²) in [7, 11) is 1.82. The van der Waals surface area contributed by atoms with E-state index in [1.165, 1.54) is 0 Å². The lowest BCUT2D eigenvalue weighted by Gasteiger charge is -2.08. The molecule has 0 spiro atoms. The largest absolute Gasteiger partial charge is 0.492 e. The molecule has 0 aliphatic heterocycles.